The molecule has 0 radical (unpaired) electrons. The lowest BCUT2D eigenvalue weighted by Gasteiger charge is -2.02. The summed E-state index contributed by atoms with van der Waals surface area (Å²) in [4.78, 5) is 10.7. The first-order chi connectivity index (χ1) is 6.56. The fourth-order valence-corrected chi connectivity index (χ4v) is 2.11. The third kappa shape index (κ3) is 2.53. The zero-order chi connectivity index (χ0) is 10.7. The molecule has 0 bridgehead atoms. The second kappa shape index (κ2) is 4.87. The van der Waals surface area contributed by atoms with Crippen LogP contribution in [0.2, 0.25) is 10.0 Å². The van der Waals surface area contributed by atoms with Crippen LogP contribution in [0.1, 0.15) is 6.92 Å². The minimum absolute atomic E-state index is 0.00579. The normalized spacial score (nSPS) is 10.2. The van der Waals surface area contributed by atoms with Crippen molar-refractivity contribution in [2.24, 2.45) is 0 Å². The van der Waals surface area contributed by atoms with Crippen LogP contribution in [0.3, 0.4) is 0 Å². The van der Waals surface area contributed by atoms with Crippen molar-refractivity contribution in [1.29, 1.82) is 0 Å². The molecule has 0 saturated carbocycles. The number of halogens is 2. The van der Waals surface area contributed by atoms with E-state index < -0.39 is 4.92 Å². The first kappa shape index (κ1) is 11.6. The molecule has 0 amide bonds. The van der Waals surface area contributed by atoms with Crippen molar-refractivity contribution >= 4 is 40.7 Å². The summed E-state index contributed by atoms with van der Waals surface area (Å²) in [6.45, 7) is 1.91. The smallest absolute Gasteiger partial charge is 0.258 e. The van der Waals surface area contributed by atoms with Crippen molar-refractivity contribution in [3.63, 3.8) is 0 Å². The molecule has 0 unspecified atom stereocenters. The number of nitrogens with zero attached hydrogens (tertiary/aromatic N) is 1. The fourth-order valence-electron chi connectivity index (χ4n) is 0.932. The first-order valence-electron chi connectivity index (χ1n) is 3.82. The van der Waals surface area contributed by atoms with Gasteiger partial charge >= 0.3 is 0 Å². The molecule has 0 saturated heterocycles. The molecule has 0 atom stereocenters. The molecule has 1 rings (SSSR count). The Bertz CT molecular complexity index is 371. The van der Waals surface area contributed by atoms with E-state index in [2.05, 4.69) is 0 Å². The van der Waals surface area contributed by atoms with Crippen LogP contribution in [-0.2, 0) is 0 Å². The van der Waals surface area contributed by atoms with Gasteiger partial charge in [0.25, 0.3) is 5.69 Å². The maximum Gasteiger partial charge on any atom is 0.284 e. The first-order valence-corrected chi connectivity index (χ1v) is 5.56. The molecule has 0 N–H and O–H groups in total. The second-order valence-corrected chi connectivity index (χ2v) is 4.54. The summed E-state index contributed by atoms with van der Waals surface area (Å²) in [6.07, 6.45) is 0. The van der Waals surface area contributed by atoms with Gasteiger partial charge < -0.3 is 0 Å². The van der Waals surface area contributed by atoms with Crippen LogP contribution in [0, 0.1) is 10.1 Å². The minimum atomic E-state index is -0.458. The summed E-state index contributed by atoms with van der Waals surface area (Å²) in [7, 11) is 0. The molecule has 0 aromatic heterocycles. The Morgan fingerprint density at radius 1 is 1.43 bits per heavy atom. The van der Waals surface area contributed by atoms with Crippen LogP contribution < -0.4 is 0 Å². The Morgan fingerprint density at radius 3 is 2.50 bits per heavy atom. The van der Waals surface area contributed by atoms with E-state index in [0.717, 1.165) is 5.75 Å². The maximum atomic E-state index is 10.7. The number of rotatable bonds is 3. The number of nitro groups is 1. The Kier molecular flexibility index (Phi) is 4.04. The SMILES string of the molecule is CCSc1cc(Cl)c(Cl)cc1[N+](=O)[O-]. The van der Waals surface area contributed by atoms with Crippen LogP contribution in [0.5, 0.6) is 0 Å². The Morgan fingerprint density at radius 2 is 2.00 bits per heavy atom. The molecule has 6 heteroatoms. The van der Waals surface area contributed by atoms with Crippen LogP contribution in [-0.4, -0.2) is 10.7 Å². The monoisotopic (exact) mass is 251 g/mol. The highest BCUT2D eigenvalue weighted by Crippen LogP contribution is 2.36. The molecule has 0 fully saturated rings. The van der Waals surface area contributed by atoms with Crippen molar-refractivity contribution in [1.82, 2.24) is 0 Å². The largest absolute Gasteiger partial charge is 0.284 e. The van der Waals surface area contributed by atoms with Crippen molar-refractivity contribution < 1.29 is 4.92 Å². The third-order valence-corrected chi connectivity index (χ3v) is 3.15. The van der Waals surface area contributed by atoms with E-state index in [1.165, 1.54) is 23.9 Å². The molecule has 1 aromatic carbocycles. The fraction of sp³-hybridized carbons (Fsp3) is 0.250. The summed E-state index contributed by atoms with van der Waals surface area (Å²) in [5, 5.41) is 11.2. The van der Waals surface area contributed by atoms with Crippen LogP contribution >= 0.6 is 35.0 Å². The van der Waals surface area contributed by atoms with Crippen molar-refractivity contribution in [3.8, 4) is 0 Å². The average molecular weight is 252 g/mol. The quantitative estimate of drug-likeness (QED) is 0.463. The lowest BCUT2D eigenvalue weighted by molar-refractivity contribution is -0.387. The second-order valence-electron chi connectivity index (χ2n) is 2.42. The molecule has 3 nitrogen and oxygen atoms in total. The minimum Gasteiger partial charge on any atom is -0.258 e. The molecule has 0 aliphatic rings. The molecule has 76 valence electrons. The van der Waals surface area contributed by atoms with Crippen LogP contribution in [0.15, 0.2) is 17.0 Å². The highest BCUT2D eigenvalue weighted by atomic mass is 35.5. The van der Waals surface area contributed by atoms with Gasteiger partial charge in [0, 0.05) is 6.07 Å². The van der Waals surface area contributed by atoms with Gasteiger partial charge in [-0.05, 0) is 11.8 Å². The Hall–Kier alpha value is -0.450. The number of benzene rings is 1. The molecule has 1 aromatic rings. The van der Waals surface area contributed by atoms with Gasteiger partial charge in [0.05, 0.1) is 19.9 Å². The molecule has 0 spiro atoms. The molecule has 0 heterocycles. The topological polar surface area (TPSA) is 43.1 Å². The molecule has 0 aliphatic carbocycles. The van der Waals surface area contributed by atoms with Gasteiger partial charge in [-0.15, -0.1) is 11.8 Å². The number of nitro benzene ring substituents is 1. The summed E-state index contributed by atoms with van der Waals surface area (Å²) < 4.78 is 0. The van der Waals surface area contributed by atoms with Gasteiger partial charge in [-0.25, -0.2) is 0 Å². The highest BCUT2D eigenvalue weighted by Gasteiger charge is 2.16. The average Bonchev–Trinajstić information content (AvgIpc) is 2.11. The van der Waals surface area contributed by atoms with E-state index in [4.69, 9.17) is 23.2 Å². The lowest BCUT2D eigenvalue weighted by atomic mass is 10.3. The van der Waals surface area contributed by atoms with E-state index in [-0.39, 0.29) is 10.7 Å². The van der Waals surface area contributed by atoms with Crippen molar-refractivity contribution in [3.05, 3.63) is 32.3 Å². The van der Waals surface area contributed by atoms with E-state index in [1.54, 1.807) is 0 Å². The Labute approximate surface area is 95.5 Å². The zero-order valence-electron chi connectivity index (χ0n) is 7.29. The number of hydrogen-bond donors (Lipinski definition) is 0. The van der Waals surface area contributed by atoms with E-state index >= 15 is 0 Å². The molecule has 14 heavy (non-hydrogen) atoms. The predicted molar refractivity (Wildman–Crippen MR) is 59.5 cm³/mol. The zero-order valence-corrected chi connectivity index (χ0v) is 9.62. The van der Waals surface area contributed by atoms with Crippen molar-refractivity contribution in [2.75, 3.05) is 5.75 Å². The van der Waals surface area contributed by atoms with E-state index in [1.807, 2.05) is 6.92 Å². The molecule has 0 aliphatic heterocycles. The van der Waals surface area contributed by atoms with Gasteiger partial charge in [0.2, 0.25) is 0 Å². The van der Waals surface area contributed by atoms with Gasteiger partial charge in [-0.2, -0.15) is 0 Å². The summed E-state index contributed by atoms with van der Waals surface area (Å²) in [5.74, 6) is 0.749. The standard InChI is InChI=1S/C8H7Cl2NO2S/c1-2-14-8-4-6(10)5(9)3-7(8)11(12)13/h3-4H,2H2,1H3. The van der Waals surface area contributed by atoms with Crippen LogP contribution in [0.25, 0.3) is 0 Å². The van der Waals surface area contributed by atoms with Crippen LogP contribution in [0.4, 0.5) is 5.69 Å². The highest BCUT2D eigenvalue weighted by molar-refractivity contribution is 7.99. The number of hydrogen-bond acceptors (Lipinski definition) is 3. The van der Waals surface area contributed by atoms with Gasteiger partial charge in [-0.1, -0.05) is 30.1 Å². The Balaban J connectivity index is 3.24. The predicted octanol–water partition coefficient (Wildman–Crippen LogP) is 4.01. The van der Waals surface area contributed by atoms with E-state index in [0.29, 0.717) is 9.92 Å². The molecular formula is C8H7Cl2NO2S. The maximum absolute atomic E-state index is 10.7. The van der Waals surface area contributed by atoms with E-state index in [9.17, 15) is 10.1 Å². The molecular weight excluding hydrogens is 245 g/mol. The summed E-state index contributed by atoms with van der Waals surface area (Å²) in [6, 6.07) is 2.80. The van der Waals surface area contributed by atoms with Gasteiger partial charge in [0.1, 0.15) is 0 Å². The lowest BCUT2D eigenvalue weighted by Crippen LogP contribution is -1.91. The third-order valence-electron chi connectivity index (χ3n) is 1.50. The van der Waals surface area contributed by atoms with Crippen molar-refractivity contribution in [2.45, 2.75) is 11.8 Å². The summed E-state index contributed by atoms with van der Waals surface area (Å²) in [5.41, 5.74) is 0.00579. The van der Waals surface area contributed by atoms with Gasteiger partial charge in [0.15, 0.2) is 0 Å². The number of thioether (sulfide) groups is 1. The summed E-state index contributed by atoms with van der Waals surface area (Å²) >= 11 is 12.8. The van der Waals surface area contributed by atoms with Gasteiger partial charge in [-0.3, -0.25) is 10.1 Å².